The number of hydrogen-bond acceptors (Lipinski definition) is 6. The van der Waals surface area contributed by atoms with Crippen LogP contribution in [0.3, 0.4) is 0 Å². The molecule has 0 aliphatic heterocycles. The topological polar surface area (TPSA) is 122 Å². The normalized spacial score (nSPS) is 11.6. The molecular weight excluding hydrogens is 389 g/mol. The number of carboxylic acids is 1. The standard InChI is InChI=1S/C18H16FN3O5S/c1-10(2)16-20-17(27-21-16)11-3-5-12(6-4-11)22-28(25,26)13-7-8-15(19)14(9-13)18(23)24/h3-10,22H,1-2H3,(H,23,24). The van der Waals surface area contributed by atoms with E-state index in [4.69, 9.17) is 9.63 Å². The smallest absolute Gasteiger partial charge is 0.338 e. The molecule has 2 aromatic carbocycles. The first-order valence-corrected chi connectivity index (χ1v) is 9.65. The van der Waals surface area contributed by atoms with Crippen molar-refractivity contribution in [1.29, 1.82) is 0 Å². The highest BCUT2D eigenvalue weighted by atomic mass is 32.2. The summed E-state index contributed by atoms with van der Waals surface area (Å²) in [7, 11) is -4.10. The van der Waals surface area contributed by atoms with Gasteiger partial charge < -0.3 is 9.63 Å². The van der Waals surface area contributed by atoms with Crippen LogP contribution in [0.1, 0.15) is 35.9 Å². The molecule has 10 heteroatoms. The number of carbonyl (C=O) groups is 1. The molecular formula is C18H16FN3O5S. The number of sulfonamides is 1. The molecule has 0 atom stereocenters. The summed E-state index contributed by atoms with van der Waals surface area (Å²) in [6.07, 6.45) is 0. The van der Waals surface area contributed by atoms with Crippen molar-refractivity contribution < 1.29 is 27.2 Å². The van der Waals surface area contributed by atoms with Crippen LogP contribution in [0.25, 0.3) is 11.5 Å². The van der Waals surface area contributed by atoms with Gasteiger partial charge in [0.25, 0.3) is 15.9 Å². The van der Waals surface area contributed by atoms with Crippen LogP contribution in [0.15, 0.2) is 51.9 Å². The first kappa shape index (κ1) is 19.5. The number of nitrogens with zero attached hydrogens (tertiary/aromatic N) is 2. The Hall–Kier alpha value is -3.27. The van der Waals surface area contributed by atoms with Gasteiger partial charge in [0.1, 0.15) is 5.82 Å². The van der Waals surface area contributed by atoms with E-state index in [1.54, 1.807) is 12.1 Å². The van der Waals surface area contributed by atoms with Gasteiger partial charge in [-0.05, 0) is 42.5 Å². The predicted octanol–water partition coefficient (Wildman–Crippen LogP) is 3.50. The number of hydrogen-bond donors (Lipinski definition) is 2. The summed E-state index contributed by atoms with van der Waals surface area (Å²) in [5.41, 5.74) is 0.112. The number of aromatic nitrogens is 2. The summed E-state index contributed by atoms with van der Waals surface area (Å²) in [6, 6.07) is 8.74. The lowest BCUT2D eigenvalue weighted by atomic mass is 10.2. The Morgan fingerprint density at radius 3 is 2.43 bits per heavy atom. The lowest BCUT2D eigenvalue weighted by Crippen LogP contribution is -2.14. The van der Waals surface area contributed by atoms with Crippen LogP contribution in [0, 0.1) is 5.82 Å². The van der Waals surface area contributed by atoms with Crippen LogP contribution >= 0.6 is 0 Å². The fourth-order valence-electron chi connectivity index (χ4n) is 2.32. The number of carboxylic acid groups (broad SMARTS) is 1. The SMILES string of the molecule is CC(C)c1noc(-c2ccc(NS(=O)(=O)c3ccc(F)c(C(=O)O)c3)cc2)n1. The lowest BCUT2D eigenvalue weighted by Gasteiger charge is -2.09. The Morgan fingerprint density at radius 1 is 1.18 bits per heavy atom. The number of anilines is 1. The van der Waals surface area contributed by atoms with Crippen molar-refractivity contribution in [2.75, 3.05) is 4.72 Å². The van der Waals surface area contributed by atoms with Crippen LogP contribution in [0.2, 0.25) is 0 Å². The molecule has 0 saturated heterocycles. The van der Waals surface area contributed by atoms with Crippen molar-refractivity contribution in [2.24, 2.45) is 0 Å². The van der Waals surface area contributed by atoms with Gasteiger partial charge in [0.15, 0.2) is 5.82 Å². The second kappa shape index (κ2) is 7.39. The highest BCUT2D eigenvalue weighted by Gasteiger charge is 2.19. The van der Waals surface area contributed by atoms with Gasteiger partial charge in [-0.25, -0.2) is 17.6 Å². The first-order chi connectivity index (χ1) is 13.2. The zero-order valence-corrected chi connectivity index (χ0v) is 15.7. The largest absolute Gasteiger partial charge is 0.478 e. The Labute approximate surface area is 160 Å². The van der Waals surface area contributed by atoms with Crippen molar-refractivity contribution in [3.05, 3.63) is 59.7 Å². The molecule has 146 valence electrons. The van der Waals surface area contributed by atoms with Crippen molar-refractivity contribution >= 4 is 21.7 Å². The van der Waals surface area contributed by atoms with Crippen LogP contribution in [0.5, 0.6) is 0 Å². The highest BCUT2D eigenvalue weighted by Crippen LogP contribution is 2.24. The van der Waals surface area contributed by atoms with Crippen molar-refractivity contribution in [3.63, 3.8) is 0 Å². The third-order valence-electron chi connectivity index (χ3n) is 3.82. The Morgan fingerprint density at radius 2 is 1.86 bits per heavy atom. The van der Waals surface area contributed by atoms with E-state index in [0.29, 0.717) is 17.3 Å². The molecule has 0 aliphatic rings. The lowest BCUT2D eigenvalue weighted by molar-refractivity contribution is 0.0691. The summed E-state index contributed by atoms with van der Waals surface area (Å²) < 4.78 is 45.9. The molecule has 0 aliphatic carbocycles. The van der Waals surface area contributed by atoms with Gasteiger partial charge in [0.2, 0.25) is 0 Å². The summed E-state index contributed by atoms with van der Waals surface area (Å²) in [6.45, 7) is 3.86. The van der Waals surface area contributed by atoms with E-state index in [0.717, 1.165) is 18.2 Å². The van der Waals surface area contributed by atoms with Crippen LogP contribution in [-0.4, -0.2) is 29.6 Å². The van der Waals surface area contributed by atoms with Gasteiger partial charge >= 0.3 is 5.97 Å². The van der Waals surface area contributed by atoms with Gasteiger partial charge in [-0.15, -0.1) is 0 Å². The predicted molar refractivity (Wildman–Crippen MR) is 98.0 cm³/mol. The average molecular weight is 405 g/mol. The average Bonchev–Trinajstić information content (AvgIpc) is 3.12. The second-order valence-corrected chi connectivity index (χ2v) is 7.92. The molecule has 0 radical (unpaired) electrons. The van der Waals surface area contributed by atoms with Crippen LogP contribution in [-0.2, 0) is 10.0 Å². The number of rotatable bonds is 6. The molecule has 1 heterocycles. The summed E-state index contributed by atoms with van der Waals surface area (Å²) >= 11 is 0. The minimum atomic E-state index is -4.10. The summed E-state index contributed by atoms with van der Waals surface area (Å²) in [5, 5.41) is 12.8. The Kier molecular flexibility index (Phi) is 5.14. The van der Waals surface area contributed by atoms with Crippen molar-refractivity contribution in [3.8, 4) is 11.5 Å². The molecule has 0 saturated carbocycles. The molecule has 0 spiro atoms. The van der Waals surface area contributed by atoms with Gasteiger partial charge in [-0.1, -0.05) is 19.0 Å². The third kappa shape index (κ3) is 4.01. The molecule has 0 fully saturated rings. The minimum absolute atomic E-state index is 0.106. The van der Waals surface area contributed by atoms with Crippen molar-refractivity contribution in [2.45, 2.75) is 24.7 Å². The second-order valence-electron chi connectivity index (χ2n) is 6.24. The van der Waals surface area contributed by atoms with Gasteiger partial charge in [-0.2, -0.15) is 4.98 Å². The Balaban J connectivity index is 1.83. The van der Waals surface area contributed by atoms with E-state index in [-0.39, 0.29) is 16.5 Å². The fraction of sp³-hybridized carbons (Fsp3) is 0.167. The zero-order chi connectivity index (χ0) is 20.5. The van der Waals surface area contributed by atoms with E-state index >= 15 is 0 Å². The molecule has 0 amide bonds. The number of benzene rings is 2. The molecule has 8 nitrogen and oxygen atoms in total. The summed E-state index contributed by atoms with van der Waals surface area (Å²) in [4.78, 5) is 14.9. The van der Waals surface area contributed by atoms with E-state index in [2.05, 4.69) is 14.9 Å². The van der Waals surface area contributed by atoms with Crippen LogP contribution < -0.4 is 4.72 Å². The Bertz CT molecular complexity index is 1120. The third-order valence-corrected chi connectivity index (χ3v) is 5.20. The molecule has 3 rings (SSSR count). The van der Waals surface area contributed by atoms with Gasteiger partial charge in [0.05, 0.1) is 10.5 Å². The highest BCUT2D eigenvalue weighted by molar-refractivity contribution is 7.92. The van der Waals surface area contributed by atoms with Gasteiger partial charge in [0, 0.05) is 17.2 Å². The fourth-order valence-corrected chi connectivity index (χ4v) is 3.40. The maximum absolute atomic E-state index is 13.5. The molecule has 3 aromatic rings. The molecule has 0 unspecified atom stereocenters. The van der Waals surface area contributed by atoms with E-state index in [1.165, 1.54) is 12.1 Å². The number of aromatic carboxylic acids is 1. The zero-order valence-electron chi connectivity index (χ0n) is 14.9. The van der Waals surface area contributed by atoms with E-state index in [1.807, 2.05) is 13.8 Å². The molecule has 28 heavy (non-hydrogen) atoms. The molecule has 1 aromatic heterocycles. The van der Waals surface area contributed by atoms with E-state index < -0.39 is 27.4 Å². The monoisotopic (exact) mass is 405 g/mol. The number of halogens is 1. The maximum Gasteiger partial charge on any atom is 0.338 e. The first-order valence-electron chi connectivity index (χ1n) is 8.17. The minimum Gasteiger partial charge on any atom is -0.478 e. The van der Waals surface area contributed by atoms with Crippen molar-refractivity contribution in [1.82, 2.24) is 10.1 Å². The molecule has 2 N–H and O–H groups in total. The quantitative estimate of drug-likeness (QED) is 0.643. The van der Waals surface area contributed by atoms with Crippen LogP contribution in [0.4, 0.5) is 10.1 Å². The number of nitrogens with one attached hydrogen (secondary N) is 1. The van der Waals surface area contributed by atoms with Gasteiger partial charge in [-0.3, -0.25) is 4.72 Å². The maximum atomic E-state index is 13.5. The summed E-state index contributed by atoms with van der Waals surface area (Å²) in [5.74, 6) is -1.60. The van der Waals surface area contributed by atoms with E-state index in [9.17, 15) is 17.6 Å². The molecule has 0 bridgehead atoms.